The molecule has 0 aliphatic heterocycles. The molecule has 0 spiro atoms. The van der Waals surface area contributed by atoms with Crippen LogP contribution in [0.4, 0.5) is 16.2 Å². The van der Waals surface area contributed by atoms with E-state index in [0.29, 0.717) is 11.4 Å². The van der Waals surface area contributed by atoms with Crippen molar-refractivity contribution in [2.45, 2.75) is 0 Å². The number of anilines is 2. The summed E-state index contributed by atoms with van der Waals surface area (Å²) >= 11 is 0. The lowest BCUT2D eigenvalue weighted by atomic mass is 10.1. The molecule has 20 heavy (non-hydrogen) atoms. The van der Waals surface area contributed by atoms with Crippen LogP contribution in [0.2, 0.25) is 0 Å². The summed E-state index contributed by atoms with van der Waals surface area (Å²) in [5.74, 6) is -1.53. The third kappa shape index (κ3) is 4.16. The monoisotopic (exact) mass is 280 g/mol. The van der Waals surface area contributed by atoms with Gasteiger partial charge in [-0.25, -0.2) is 9.59 Å². The number of amides is 3. The van der Waals surface area contributed by atoms with Crippen molar-refractivity contribution in [1.29, 1.82) is 0 Å². The first-order chi connectivity index (χ1) is 9.31. The molecule has 1 rings (SSSR count). The molecule has 1 aromatic carbocycles. The fraction of sp³-hybridized carbons (Fsp3) is 0.250. The second-order valence-corrected chi connectivity index (χ2v) is 4.16. The Morgan fingerprint density at radius 1 is 1.30 bits per heavy atom. The predicted molar refractivity (Wildman–Crippen MR) is 73.2 cm³/mol. The van der Waals surface area contributed by atoms with Gasteiger partial charge in [-0.05, 0) is 18.2 Å². The second kappa shape index (κ2) is 6.41. The number of nitrogen functional groups attached to an aromatic ring is 1. The number of ether oxygens (including phenoxy) is 1. The van der Waals surface area contributed by atoms with Crippen LogP contribution in [0.15, 0.2) is 18.2 Å². The summed E-state index contributed by atoms with van der Waals surface area (Å²) < 4.78 is 4.80. The van der Waals surface area contributed by atoms with Gasteiger partial charge in [0.15, 0.2) is 6.61 Å². The smallest absolute Gasteiger partial charge is 0.340 e. The van der Waals surface area contributed by atoms with Gasteiger partial charge in [0.25, 0.3) is 5.91 Å². The Morgan fingerprint density at radius 3 is 2.50 bits per heavy atom. The van der Waals surface area contributed by atoms with Gasteiger partial charge in [-0.3, -0.25) is 10.1 Å². The van der Waals surface area contributed by atoms with Gasteiger partial charge in [0, 0.05) is 19.8 Å². The van der Waals surface area contributed by atoms with Gasteiger partial charge in [-0.15, -0.1) is 0 Å². The lowest BCUT2D eigenvalue weighted by molar-refractivity contribution is -0.123. The van der Waals surface area contributed by atoms with Crippen LogP contribution >= 0.6 is 0 Å². The highest BCUT2D eigenvalue weighted by molar-refractivity contribution is 5.99. The first-order valence-corrected chi connectivity index (χ1v) is 5.64. The maximum Gasteiger partial charge on any atom is 0.340 e. The molecule has 0 aromatic heterocycles. The van der Waals surface area contributed by atoms with Gasteiger partial charge in [0.1, 0.15) is 0 Å². The van der Waals surface area contributed by atoms with Crippen LogP contribution in [0.3, 0.4) is 0 Å². The Kier molecular flexibility index (Phi) is 4.90. The lowest BCUT2D eigenvalue weighted by Gasteiger charge is -2.17. The molecule has 0 unspecified atom stereocenters. The minimum absolute atomic E-state index is 0.224. The molecule has 0 fully saturated rings. The molecule has 0 atom stereocenters. The van der Waals surface area contributed by atoms with E-state index in [-0.39, 0.29) is 5.56 Å². The molecule has 1 aromatic rings. The van der Waals surface area contributed by atoms with E-state index in [4.69, 9.17) is 16.2 Å². The quantitative estimate of drug-likeness (QED) is 0.512. The summed E-state index contributed by atoms with van der Waals surface area (Å²) in [7, 11) is 3.50. The number of esters is 1. The van der Waals surface area contributed by atoms with E-state index in [1.165, 1.54) is 6.07 Å². The molecule has 108 valence electrons. The van der Waals surface area contributed by atoms with Gasteiger partial charge < -0.3 is 21.1 Å². The van der Waals surface area contributed by atoms with Crippen molar-refractivity contribution in [1.82, 2.24) is 5.32 Å². The zero-order valence-corrected chi connectivity index (χ0v) is 11.2. The highest BCUT2D eigenvalue weighted by Gasteiger charge is 2.16. The Hall–Kier alpha value is -2.77. The molecule has 8 nitrogen and oxygen atoms in total. The van der Waals surface area contributed by atoms with Crippen LogP contribution in [0.1, 0.15) is 10.4 Å². The molecule has 0 saturated heterocycles. The fourth-order valence-corrected chi connectivity index (χ4v) is 1.49. The fourth-order valence-electron chi connectivity index (χ4n) is 1.49. The van der Waals surface area contributed by atoms with E-state index < -0.39 is 24.5 Å². The van der Waals surface area contributed by atoms with E-state index in [1.807, 2.05) is 0 Å². The standard InChI is InChI=1S/C12H16N4O4/c1-16(2)9-4-3-7(13)5-8(9)11(18)20-6-10(17)15-12(14)19/h3-5H,6,13H2,1-2H3,(H3,14,15,17,19). The molecule has 5 N–H and O–H groups in total. The van der Waals surface area contributed by atoms with Crippen LogP contribution < -0.4 is 21.7 Å². The van der Waals surface area contributed by atoms with Crippen LogP contribution in [-0.4, -0.2) is 38.6 Å². The third-order valence-corrected chi connectivity index (χ3v) is 2.32. The van der Waals surface area contributed by atoms with Gasteiger partial charge in [-0.1, -0.05) is 0 Å². The first kappa shape index (κ1) is 15.3. The summed E-state index contributed by atoms with van der Waals surface area (Å²) in [5.41, 5.74) is 11.6. The number of nitrogens with one attached hydrogen (secondary N) is 1. The molecule has 0 heterocycles. The number of hydrogen-bond acceptors (Lipinski definition) is 6. The first-order valence-electron chi connectivity index (χ1n) is 5.64. The minimum atomic E-state index is -1.01. The topological polar surface area (TPSA) is 128 Å². The molecular formula is C12H16N4O4. The highest BCUT2D eigenvalue weighted by atomic mass is 16.5. The molecule has 0 bridgehead atoms. The molecule has 0 aliphatic rings. The van der Waals surface area contributed by atoms with E-state index in [9.17, 15) is 14.4 Å². The minimum Gasteiger partial charge on any atom is -0.452 e. The molecule has 0 saturated carbocycles. The molecule has 0 aliphatic carbocycles. The highest BCUT2D eigenvalue weighted by Crippen LogP contribution is 2.22. The molecule has 8 heteroatoms. The average molecular weight is 280 g/mol. The summed E-state index contributed by atoms with van der Waals surface area (Å²) in [6, 6.07) is 3.74. The number of hydrogen-bond donors (Lipinski definition) is 3. The summed E-state index contributed by atoms with van der Waals surface area (Å²) in [6.07, 6.45) is 0. The molecule has 0 radical (unpaired) electrons. The van der Waals surface area contributed by atoms with E-state index in [1.54, 1.807) is 36.4 Å². The number of imide groups is 1. The van der Waals surface area contributed by atoms with Crippen molar-refractivity contribution in [2.75, 3.05) is 31.3 Å². The van der Waals surface area contributed by atoms with Crippen LogP contribution in [-0.2, 0) is 9.53 Å². The largest absolute Gasteiger partial charge is 0.452 e. The maximum absolute atomic E-state index is 11.9. The summed E-state index contributed by atoms with van der Waals surface area (Å²) in [6.45, 7) is -0.608. The molecular weight excluding hydrogens is 264 g/mol. The number of nitrogens with two attached hydrogens (primary N) is 2. The van der Waals surface area contributed by atoms with Crippen LogP contribution in [0.25, 0.3) is 0 Å². The summed E-state index contributed by atoms with van der Waals surface area (Å²) in [5, 5.41) is 1.79. The third-order valence-electron chi connectivity index (χ3n) is 2.32. The lowest BCUT2D eigenvalue weighted by Crippen LogP contribution is -2.37. The van der Waals surface area contributed by atoms with E-state index in [2.05, 4.69) is 0 Å². The van der Waals surface area contributed by atoms with E-state index in [0.717, 1.165) is 0 Å². The van der Waals surface area contributed by atoms with Gasteiger partial charge in [0.05, 0.1) is 11.3 Å². The number of carbonyl (C=O) groups is 3. The number of carbonyl (C=O) groups excluding carboxylic acids is 3. The predicted octanol–water partition coefficient (Wildman–Crippen LogP) is -0.313. The van der Waals surface area contributed by atoms with Gasteiger partial charge in [-0.2, -0.15) is 0 Å². The van der Waals surface area contributed by atoms with E-state index >= 15 is 0 Å². The average Bonchev–Trinajstić information content (AvgIpc) is 2.34. The van der Waals surface area contributed by atoms with Gasteiger partial charge >= 0.3 is 12.0 Å². The SMILES string of the molecule is CN(C)c1ccc(N)cc1C(=O)OCC(=O)NC(N)=O. The molecule has 3 amide bonds. The summed E-state index contributed by atoms with van der Waals surface area (Å²) in [4.78, 5) is 35.2. The number of urea groups is 1. The second-order valence-electron chi connectivity index (χ2n) is 4.16. The van der Waals surface area contributed by atoms with Crippen molar-refractivity contribution in [3.05, 3.63) is 23.8 Å². The Labute approximate surface area is 115 Å². The number of nitrogens with zero attached hydrogens (tertiary/aromatic N) is 1. The Balaban J connectivity index is 2.79. The van der Waals surface area contributed by atoms with Crippen molar-refractivity contribution >= 4 is 29.3 Å². The van der Waals surface area contributed by atoms with Crippen molar-refractivity contribution in [3.63, 3.8) is 0 Å². The Bertz CT molecular complexity index is 542. The Morgan fingerprint density at radius 2 is 1.95 bits per heavy atom. The number of rotatable bonds is 4. The number of benzene rings is 1. The van der Waals surface area contributed by atoms with Crippen molar-refractivity contribution < 1.29 is 19.1 Å². The van der Waals surface area contributed by atoms with Crippen LogP contribution in [0, 0.1) is 0 Å². The van der Waals surface area contributed by atoms with Crippen molar-refractivity contribution in [2.24, 2.45) is 5.73 Å². The van der Waals surface area contributed by atoms with Crippen molar-refractivity contribution in [3.8, 4) is 0 Å². The normalized spacial score (nSPS) is 9.70. The zero-order valence-electron chi connectivity index (χ0n) is 11.2. The van der Waals surface area contributed by atoms with Gasteiger partial charge in [0.2, 0.25) is 0 Å². The zero-order chi connectivity index (χ0) is 15.3. The maximum atomic E-state index is 11.9. The number of primary amides is 1. The van der Waals surface area contributed by atoms with Crippen LogP contribution in [0.5, 0.6) is 0 Å².